The van der Waals surface area contributed by atoms with E-state index in [-0.39, 0.29) is 18.4 Å². The standard InChI is InChI=1S/C28H30Cl2N2O2S/c1-2-16-31-28(34)26(19-21-9-5-3-6-10-21)32(20-22-13-14-24(29)25(30)18-22)27(33)15-17-35-23-11-7-4-8-12-23/h3-14,18,26H,2,15-17,19-20H2,1H3,(H,31,34)/t26-/m0/s1. The predicted molar refractivity (Wildman–Crippen MR) is 146 cm³/mol. The Hall–Kier alpha value is -2.47. The van der Waals surface area contributed by atoms with E-state index in [1.807, 2.05) is 73.7 Å². The maximum Gasteiger partial charge on any atom is 0.243 e. The van der Waals surface area contributed by atoms with Crippen molar-refractivity contribution in [1.82, 2.24) is 10.2 Å². The van der Waals surface area contributed by atoms with Gasteiger partial charge in [0.2, 0.25) is 11.8 Å². The summed E-state index contributed by atoms with van der Waals surface area (Å²) < 4.78 is 0. The first-order valence-electron chi connectivity index (χ1n) is 11.7. The Bertz CT molecular complexity index is 1100. The van der Waals surface area contributed by atoms with Crippen molar-refractivity contribution < 1.29 is 9.59 Å². The Balaban J connectivity index is 1.85. The monoisotopic (exact) mass is 528 g/mol. The smallest absolute Gasteiger partial charge is 0.243 e. The Labute approximate surface area is 222 Å². The highest BCUT2D eigenvalue weighted by molar-refractivity contribution is 7.99. The quantitative estimate of drug-likeness (QED) is 0.268. The van der Waals surface area contributed by atoms with E-state index in [1.165, 1.54) is 0 Å². The van der Waals surface area contributed by atoms with Gasteiger partial charge in [0.25, 0.3) is 0 Å². The zero-order valence-electron chi connectivity index (χ0n) is 19.8. The van der Waals surface area contributed by atoms with Crippen LogP contribution in [0.5, 0.6) is 0 Å². The molecule has 0 saturated carbocycles. The average molecular weight is 530 g/mol. The number of hydrogen-bond donors (Lipinski definition) is 1. The number of rotatable bonds is 12. The largest absolute Gasteiger partial charge is 0.354 e. The fourth-order valence-electron chi connectivity index (χ4n) is 3.67. The lowest BCUT2D eigenvalue weighted by molar-refractivity contribution is -0.141. The maximum atomic E-state index is 13.6. The van der Waals surface area contributed by atoms with Crippen LogP contribution in [0.4, 0.5) is 0 Å². The molecule has 3 aromatic carbocycles. The summed E-state index contributed by atoms with van der Waals surface area (Å²) in [5.74, 6) is 0.391. The van der Waals surface area contributed by atoms with Crippen molar-refractivity contribution in [2.45, 2.75) is 43.7 Å². The highest BCUT2D eigenvalue weighted by Gasteiger charge is 2.30. The first-order chi connectivity index (χ1) is 17.0. The summed E-state index contributed by atoms with van der Waals surface area (Å²) in [6, 6.07) is 24.4. The molecular formula is C28H30Cl2N2O2S. The fraction of sp³-hybridized carbons (Fsp3) is 0.286. The highest BCUT2D eigenvalue weighted by Crippen LogP contribution is 2.25. The molecule has 0 radical (unpaired) electrons. The van der Waals surface area contributed by atoms with Gasteiger partial charge in [0.05, 0.1) is 10.0 Å². The summed E-state index contributed by atoms with van der Waals surface area (Å²) >= 11 is 14.0. The van der Waals surface area contributed by atoms with Crippen molar-refractivity contribution in [2.75, 3.05) is 12.3 Å². The summed E-state index contributed by atoms with van der Waals surface area (Å²) in [6.45, 7) is 2.83. The molecule has 0 aliphatic carbocycles. The van der Waals surface area contributed by atoms with Gasteiger partial charge in [0.15, 0.2) is 0 Å². The van der Waals surface area contributed by atoms with E-state index in [0.29, 0.717) is 35.2 Å². The molecule has 184 valence electrons. The molecule has 1 atom stereocenters. The molecule has 0 aliphatic rings. The van der Waals surface area contributed by atoms with Crippen LogP contribution in [0.3, 0.4) is 0 Å². The average Bonchev–Trinajstić information content (AvgIpc) is 2.88. The number of nitrogens with one attached hydrogen (secondary N) is 1. The van der Waals surface area contributed by atoms with Crippen molar-refractivity contribution in [3.05, 3.63) is 100 Å². The van der Waals surface area contributed by atoms with E-state index in [9.17, 15) is 9.59 Å². The third-order valence-corrected chi connectivity index (χ3v) is 7.24. The lowest BCUT2D eigenvalue weighted by Gasteiger charge is -2.31. The third-order valence-electron chi connectivity index (χ3n) is 5.49. The lowest BCUT2D eigenvalue weighted by atomic mass is 10.0. The second-order valence-electron chi connectivity index (χ2n) is 8.18. The van der Waals surface area contributed by atoms with Crippen molar-refractivity contribution in [1.29, 1.82) is 0 Å². The summed E-state index contributed by atoms with van der Waals surface area (Å²) in [7, 11) is 0. The van der Waals surface area contributed by atoms with Crippen molar-refractivity contribution >= 4 is 46.8 Å². The van der Waals surface area contributed by atoms with Gasteiger partial charge in [-0.05, 0) is 41.8 Å². The molecule has 0 unspecified atom stereocenters. The van der Waals surface area contributed by atoms with E-state index in [2.05, 4.69) is 5.32 Å². The van der Waals surface area contributed by atoms with Crippen LogP contribution in [0.1, 0.15) is 30.9 Å². The normalized spacial score (nSPS) is 11.6. The zero-order valence-corrected chi connectivity index (χ0v) is 22.1. The van der Waals surface area contributed by atoms with E-state index in [4.69, 9.17) is 23.2 Å². The Morgan fingerprint density at radius 3 is 2.26 bits per heavy atom. The van der Waals surface area contributed by atoms with Crippen LogP contribution in [-0.2, 0) is 22.6 Å². The van der Waals surface area contributed by atoms with Crippen LogP contribution in [-0.4, -0.2) is 35.1 Å². The summed E-state index contributed by atoms with van der Waals surface area (Å²) in [5, 5.41) is 3.87. The molecule has 0 aromatic heterocycles. The van der Waals surface area contributed by atoms with Crippen LogP contribution in [0.2, 0.25) is 10.0 Å². The number of thioether (sulfide) groups is 1. The van der Waals surface area contributed by atoms with Gasteiger partial charge in [-0.2, -0.15) is 0 Å². The number of benzene rings is 3. The second-order valence-corrected chi connectivity index (χ2v) is 10.2. The number of nitrogens with zero attached hydrogens (tertiary/aromatic N) is 1. The van der Waals surface area contributed by atoms with Crippen molar-refractivity contribution in [3.8, 4) is 0 Å². The molecule has 0 aliphatic heterocycles. The highest BCUT2D eigenvalue weighted by atomic mass is 35.5. The molecule has 4 nitrogen and oxygen atoms in total. The molecule has 0 saturated heterocycles. The van der Waals surface area contributed by atoms with Crippen LogP contribution in [0.15, 0.2) is 83.8 Å². The Morgan fingerprint density at radius 2 is 1.60 bits per heavy atom. The summed E-state index contributed by atoms with van der Waals surface area (Å²) in [4.78, 5) is 29.7. The minimum Gasteiger partial charge on any atom is -0.354 e. The third kappa shape index (κ3) is 8.60. The van der Waals surface area contributed by atoms with Gasteiger partial charge >= 0.3 is 0 Å². The first kappa shape index (κ1) is 27.1. The van der Waals surface area contributed by atoms with Gasteiger partial charge in [-0.3, -0.25) is 9.59 Å². The van der Waals surface area contributed by atoms with E-state index >= 15 is 0 Å². The Morgan fingerprint density at radius 1 is 0.914 bits per heavy atom. The molecule has 2 amide bonds. The predicted octanol–water partition coefficient (Wildman–Crippen LogP) is 6.64. The number of carbonyl (C=O) groups excluding carboxylic acids is 2. The van der Waals surface area contributed by atoms with Crippen molar-refractivity contribution in [2.24, 2.45) is 0 Å². The molecule has 3 aromatic rings. The van der Waals surface area contributed by atoms with Crippen LogP contribution < -0.4 is 5.32 Å². The van der Waals surface area contributed by atoms with Crippen LogP contribution in [0, 0.1) is 0 Å². The first-order valence-corrected chi connectivity index (χ1v) is 13.4. The van der Waals surface area contributed by atoms with Crippen LogP contribution in [0.25, 0.3) is 0 Å². The SMILES string of the molecule is CCCNC(=O)[C@H](Cc1ccccc1)N(Cc1ccc(Cl)c(Cl)c1)C(=O)CCSc1ccccc1. The van der Waals surface area contributed by atoms with Gasteiger partial charge < -0.3 is 10.2 Å². The minimum absolute atomic E-state index is 0.0768. The number of amides is 2. The lowest BCUT2D eigenvalue weighted by Crippen LogP contribution is -2.50. The molecule has 3 rings (SSSR count). The van der Waals surface area contributed by atoms with Crippen molar-refractivity contribution in [3.63, 3.8) is 0 Å². The van der Waals surface area contributed by atoms with Gasteiger partial charge in [0, 0.05) is 36.6 Å². The molecule has 7 heteroatoms. The van der Waals surface area contributed by atoms with Gasteiger partial charge in [-0.15, -0.1) is 11.8 Å². The van der Waals surface area contributed by atoms with Gasteiger partial charge in [-0.25, -0.2) is 0 Å². The summed E-state index contributed by atoms with van der Waals surface area (Å²) in [6.07, 6.45) is 1.56. The number of hydrogen-bond acceptors (Lipinski definition) is 3. The van der Waals surface area contributed by atoms with E-state index in [1.54, 1.807) is 28.8 Å². The second kappa shape index (κ2) is 14.2. The molecule has 35 heavy (non-hydrogen) atoms. The van der Waals surface area contributed by atoms with Gasteiger partial charge in [-0.1, -0.05) is 84.7 Å². The number of carbonyl (C=O) groups is 2. The fourth-order valence-corrected chi connectivity index (χ4v) is 4.85. The zero-order chi connectivity index (χ0) is 25.0. The molecule has 1 N–H and O–H groups in total. The minimum atomic E-state index is -0.646. The molecule has 0 spiro atoms. The topological polar surface area (TPSA) is 49.4 Å². The Kier molecular flexibility index (Phi) is 11.0. The van der Waals surface area contributed by atoms with E-state index in [0.717, 1.165) is 22.4 Å². The number of halogens is 2. The maximum absolute atomic E-state index is 13.6. The molecule has 0 fully saturated rings. The van der Waals surface area contributed by atoms with Gasteiger partial charge in [0.1, 0.15) is 6.04 Å². The molecular weight excluding hydrogens is 499 g/mol. The van der Waals surface area contributed by atoms with Crippen LogP contribution >= 0.6 is 35.0 Å². The molecule has 0 bridgehead atoms. The van der Waals surface area contributed by atoms with E-state index < -0.39 is 6.04 Å². The molecule has 0 heterocycles. The summed E-state index contributed by atoms with van der Waals surface area (Å²) in [5.41, 5.74) is 1.82.